The molecule has 2 aromatic rings. The maximum absolute atomic E-state index is 13.5. The summed E-state index contributed by atoms with van der Waals surface area (Å²) < 4.78 is 6.01. The van der Waals surface area contributed by atoms with Gasteiger partial charge < -0.3 is 15.4 Å². The third kappa shape index (κ3) is 4.58. The Bertz CT molecular complexity index is 1080. The first-order valence-corrected chi connectivity index (χ1v) is 11.6. The SMILES string of the molecule is CN(C)C(=O)/C=C\C1=C(C(=O)OC(c2ccccc2)c2ccccc2)N2C(=O)[C@@H](N)[C@H]2SC1. The number of thioether (sulfide) groups is 1. The molecule has 2 heterocycles. The number of nitrogens with two attached hydrogens (primary N) is 1. The molecule has 0 aliphatic carbocycles. The Labute approximate surface area is 196 Å². The lowest BCUT2D eigenvalue weighted by Crippen LogP contribution is -2.68. The zero-order chi connectivity index (χ0) is 23.5. The molecule has 0 radical (unpaired) electrons. The molecule has 7 nitrogen and oxygen atoms in total. The minimum atomic E-state index is -0.661. The van der Waals surface area contributed by atoms with Gasteiger partial charge in [0, 0.05) is 25.9 Å². The molecule has 1 saturated heterocycles. The van der Waals surface area contributed by atoms with E-state index in [0.717, 1.165) is 11.1 Å². The summed E-state index contributed by atoms with van der Waals surface area (Å²) >= 11 is 1.46. The van der Waals surface area contributed by atoms with Gasteiger partial charge in [0.05, 0.1) is 0 Å². The van der Waals surface area contributed by atoms with Gasteiger partial charge in [0.1, 0.15) is 17.1 Å². The molecule has 8 heteroatoms. The number of β-lactam (4-membered cyclic amide) rings is 1. The van der Waals surface area contributed by atoms with Crippen molar-refractivity contribution in [2.75, 3.05) is 19.8 Å². The van der Waals surface area contributed by atoms with Gasteiger partial charge in [0.15, 0.2) is 6.10 Å². The van der Waals surface area contributed by atoms with E-state index in [1.54, 1.807) is 20.2 Å². The minimum Gasteiger partial charge on any atom is -0.448 e. The van der Waals surface area contributed by atoms with Crippen molar-refractivity contribution in [3.63, 3.8) is 0 Å². The molecule has 2 aromatic carbocycles. The van der Waals surface area contributed by atoms with Crippen molar-refractivity contribution >= 4 is 29.5 Å². The van der Waals surface area contributed by atoms with Gasteiger partial charge in [-0.1, -0.05) is 66.7 Å². The second kappa shape index (κ2) is 9.64. The van der Waals surface area contributed by atoms with E-state index in [1.807, 2.05) is 60.7 Å². The number of hydrogen-bond donors (Lipinski definition) is 1. The van der Waals surface area contributed by atoms with Crippen molar-refractivity contribution in [1.29, 1.82) is 0 Å². The molecule has 1 fully saturated rings. The molecule has 0 unspecified atom stereocenters. The third-order valence-corrected chi connectivity index (χ3v) is 6.85. The van der Waals surface area contributed by atoms with E-state index in [9.17, 15) is 14.4 Å². The number of carbonyl (C=O) groups is 3. The first-order chi connectivity index (χ1) is 15.9. The molecule has 33 heavy (non-hydrogen) atoms. The van der Waals surface area contributed by atoms with E-state index in [-0.39, 0.29) is 22.9 Å². The quantitative estimate of drug-likeness (QED) is 0.402. The molecule has 2 amide bonds. The number of rotatable bonds is 6. The number of likely N-dealkylation sites (N-methyl/N-ethyl adjacent to an activating group) is 1. The maximum Gasteiger partial charge on any atom is 0.356 e. The normalized spacial score (nSPS) is 20.0. The fourth-order valence-corrected chi connectivity index (χ4v) is 4.99. The molecule has 170 valence electrons. The molecule has 0 aromatic heterocycles. The molecule has 2 aliphatic rings. The Balaban J connectivity index is 1.71. The largest absolute Gasteiger partial charge is 0.448 e. The van der Waals surface area contributed by atoms with E-state index in [2.05, 4.69) is 0 Å². The van der Waals surface area contributed by atoms with Gasteiger partial charge >= 0.3 is 5.97 Å². The average molecular weight is 464 g/mol. The summed E-state index contributed by atoms with van der Waals surface area (Å²) in [6.45, 7) is 0. The molecule has 2 N–H and O–H groups in total. The number of carbonyl (C=O) groups excluding carboxylic acids is 3. The first kappa shape index (κ1) is 22.8. The van der Waals surface area contributed by atoms with E-state index >= 15 is 0 Å². The van der Waals surface area contributed by atoms with Crippen LogP contribution in [0.25, 0.3) is 0 Å². The van der Waals surface area contributed by atoms with Gasteiger partial charge in [-0.2, -0.15) is 0 Å². The summed E-state index contributed by atoms with van der Waals surface area (Å²) in [7, 11) is 3.29. The van der Waals surface area contributed by atoms with Gasteiger partial charge in [0.2, 0.25) is 11.8 Å². The second-order valence-electron chi connectivity index (χ2n) is 7.98. The summed E-state index contributed by atoms with van der Waals surface area (Å²) in [5, 5.41) is -0.325. The molecule has 4 rings (SSSR count). The molecular weight excluding hydrogens is 438 g/mol. The zero-order valence-corrected chi connectivity index (χ0v) is 19.2. The standard InChI is InChI=1S/C25H25N3O4S/c1-27(2)19(29)14-13-18-15-33-24-20(26)23(30)28(24)21(18)25(31)32-22(16-9-5-3-6-10-16)17-11-7-4-8-12-17/h3-14,20,22,24H,15,26H2,1-2H3/b14-13-/t20-,24-/m1/s1. The van der Waals surface area contributed by atoms with Gasteiger partial charge in [-0.05, 0) is 16.7 Å². The highest BCUT2D eigenvalue weighted by Crippen LogP contribution is 2.41. The van der Waals surface area contributed by atoms with Gasteiger partial charge in [-0.15, -0.1) is 11.8 Å². The number of amides is 2. The Morgan fingerprint density at radius 3 is 2.21 bits per heavy atom. The van der Waals surface area contributed by atoms with Crippen LogP contribution in [0.3, 0.4) is 0 Å². The van der Waals surface area contributed by atoms with Gasteiger partial charge in [-0.3, -0.25) is 14.5 Å². The van der Waals surface area contributed by atoms with Crippen LogP contribution in [0.1, 0.15) is 17.2 Å². The first-order valence-electron chi connectivity index (χ1n) is 10.5. The van der Waals surface area contributed by atoms with Gasteiger partial charge in [-0.25, -0.2) is 4.79 Å². The molecule has 0 spiro atoms. The topological polar surface area (TPSA) is 92.9 Å². The van der Waals surface area contributed by atoms with Crippen molar-refractivity contribution in [3.8, 4) is 0 Å². The number of nitrogens with zero attached hydrogens (tertiary/aromatic N) is 2. The predicted molar refractivity (Wildman–Crippen MR) is 127 cm³/mol. The van der Waals surface area contributed by atoms with Crippen LogP contribution in [-0.4, -0.2) is 58.8 Å². The van der Waals surface area contributed by atoms with Crippen LogP contribution in [0.5, 0.6) is 0 Å². The van der Waals surface area contributed by atoms with Gasteiger partial charge in [0.25, 0.3) is 0 Å². The van der Waals surface area contributed by atoms with E-state index in [0.29, 0.717) is 11.3 Å². The van der Waals surface area contributed by atoms with Crippen molar-refractivity contribution in [1.82, 2.24) is 9.80 Å². The van der Waals surface area contributed by atoms with Crippen LogP contribution in [0, 0.1) is 0 Å². The van der Waals surface area contributed by atoms with E-state index < -0.39 is 18.1 Å². The van der Waals surface area contributed by atoms with Crippen molar-refractivity contribution in [3.05, 3.63) is 95.2 Å². The van der Waals surface area contributed by atoms with Crippen LogP contribution in [0.4, 0.5) is 0 Å². The lowest BCUT2D eigenvalue weighted by atomic mass is 10.0. The number of benzene rings is 2. The number of ether oxygens (including phenoxy) is 1. The number of allylic oxidation sites excluding steroid dienone is 1. The number of fused-ring (bicyclic) bond motifs is 1. The van der Waals surface area contributed by atoms with Crippen molar-refractivity contribution in [2.45, 2.75) is 17.5 Å². The number of esters is 1. The summed E-state index contributed by atoms with van der Waals surface area (Å²) in [6, 6.07) is 18.2. The maximum atomic E-state index is 13.5. The summed E-state index contributed by atoms with van der Waals surface area (Å²) in [5.41, 5.74) is 8.28. The summed E-state index contributed by atoms with van der Waals surface area (Å²) in [5.74, 6) is -0.749. The fraction of sp³-hybridized carbons (Fsp3) is 0.240. The Kier molecular flexibility index (Phi) is 6.67. The van der Waals surface area contributed by atoms with Crippen LogP contribution < -0.4 is 5.73 Å². The van der Waals surface area contributed by atoms with Crippen LogP contribution in [-0.2, 0) is 19.1 Å². The van der Waals surface area contributed by atoms with Crippen LogP contribution in [0.15, 0.2) is 84.1 Å². The van der Waals surface area contributed by atoms with E-state index in [4.69, 9.17) is 10.5 Å². The van der Waals surface area contributed by atoms with Crippen LogP contribution >= 0.6 is 11.8 Å². The highest BCUT2D eigenvalue weighted by molar-refractivity contribution is 8.00. The molecule has 2 aliphatic heterocycles. The monoisotopic (exact) mass is 463 g/mol. The zero-order valence-electron chi connectivity index (χ0n) is 18.4. The lowest BCUT2D eigenvalue weighted by molar-refractivity contribution is -0.153. The lowest BCUT2D eigenvalue weighted by Gasteiger charge is -2.48. The average Bonchev–Trinajstić information content (AvgIpc) is 2.85. The molecular formula is C25H25N3O4S. The molecule has 2 atom stereocenters. The Morgan fingerprint density at radius 2 is 1.67 bits per heavy atom. The highest BCUT2D eigenvalue weighted by Gasteiger charge is 2.52. The predicted octanol–water partition coefficient (Wildman–Crippen LogP) is 2.46. The fourth-order valence-electron chi connectivity index (χ4n) is 3.72. The van der Waals surface area contributed by atoms with Crippen molar-refractivity contribution < 1.29 is 19.1 Å². The molecule has 0 bridgehead atoms. The van der Waals surface area contributed by atoms with Crippen LogP contribution in [0.2, 0.25) is 0 Å². The summed E-state index contributed by atoms with van der Waals surface area (Å²) in [6.07, 6.45) is 2.32. The Hall–Kier alpha value is -3.36. The summed E-state index contributed by atoms with van der Waals surface area (Å²) in [4.78, 5) is 41.0. The minimum absolute atomic E-state index is 0.144. The second-order valence-corrected chi connectivity index (χ2v) is 9.09. The Morgan fingerprint density at radius 1 is 1.09 bits per heavy atom. The van der Waals surface area contributed by atoms with E-state index in [1.165, 1.54) is 27.6 Å². The third-order valence-electron chi connectivity index (χ3n) is 5.53. The highest BCUT2D eigenvalue weighted by atomic mass is 32.2. The molecule has 0 saturated carbocycles. The smallest absolute Gasteiger partial charge is 0.356 e. The number of hydrogen-bond acceptors (Lipinski definition) is 6. The van der Waals surface area contributed by atoms with Crippen molar-refractivity contribution in [2.24, 2.45) is 5.73 Å².